The maximum Gasteiger partial charge on any atom is 0.329 e. The van der Waals surface area contributed by atoms with Crippen molar-refractivity contribution in [3.8, 4) is 0 Å². The zero-order valence-corrected chi connectivity index (χ0v) is 18.8. The standard InChI is InChI=1S/C25H32N4O3/c1-26-20-4-2-3-5-21(20)29(24(26)32)16-22(30)27-6-8-28(9-7-27)23(31)25-13-17-10-18(14-25)12-19(11-17)15-25/h2-5,17-19H,6-16H2,1H3. The maximum atomic E-state index is 13.6. The lowest BCUT2D eigenvalue weighted by Crippen LogP contribution is -2.58. The molecule has 5 aliphatic rings. The van der Waals surface area contributed by atoms with E-state index in [1.165, 1.54) is 19.3 Å². The summed E-state index contributed by atoms with van der Waals surface area (Å²) in [5.74, 6) is 2.57. The lowest BCUT2D eigenvalue weighted by molar-refractivity contribution is -0.160. The highest BCUT2D eigenvalue weighted by Crippen LogP contribution is 2.60. The van der Waals surface area contributed by atoms with E-state index in [2.05, 4.69) is 0 Å². The van der Waals surface area contributed by atoms with E-state index in [0.29, 0.717) is 32.1 Å². The van der Waals surface area contributed by atoms with Crippen LogP contribution in [0, 0.1) is 23.2 Å². The number of carbonyl (C=O) groups is 2. The first-order chi connectivity index (χ1) is 15.4. The first kappa shape index (κ1) is 20.1. The summed E-state index contributed by atoms with van der Waals surface area (Å²) in [5.41, 5.74) is 1.33. The zero-order valence-electron chi connectivity index (χ0n) is 18.8. The molecule has 7 rings (SSSR count). The van der Waals surface area contributed by atoms with Crippen molar-refractivity contribution in [1.29, 1.82) is 0 Å². The predicted molar refractivity (Wildman–Crippen MR) is 121 cm³/mol. The number of nitrogens with zero attached hydrogens (tertiary/aromatic N) is 4. The molecule has 32 heavy (non-hydrogen) atoms. The highest BCUT2D eigenvalue weighted by Gasteiger charge is 2.55. The quantitative estimate of drug-likeness (QED) is 0.741. The number of aromatic nitrogens is 2. The molecule has 4 saturated carbocycles. The van der Waals surface area contributed by atoms with E-state index in [1.54, 1.807) is 16.2 Å². The average molecular weight is 437 g/mol. The van der Waals surface area contributed by atoms with Crippen LogP contribution in [-0.2, 0) is 23.2 Å². The minimum atomic E-state index is -0.171. The van der Waals surface area contributed by atoms with Gasteiger partial charge >= 0.3 is 5.69 Å². The number of piperazine rings is 1. The number of amides is 2. The molecule has 0 radical (unpaired) electrons. The van der Waals surface area contributed by atoms with Gasteiger partial charge in [0.2, 0.25) is 11.8 Å². The molecule has 170 valence electrons. The first-order valence-electron chi connectivity index (χ1n) is 12.1. The normalized spacial score (nSPS) is 31.5. The van der Waals surface area contributed by atoms with E-state index in [4.69, 9.17) is 0 Å². The Morgan fingerprint density at radius 1 is 0.875 bits per heavy atom. The van der Waals surface area contributed by atoms with E-state index in [-0.39, 0.29) is 23.6 Å². The SMILES string of the molecule is Cn1c(=O)n(CC(=O)N2CCN(C(=O)C34CC5CC(CC(C5)C3)C4)CC2)c2ccccc21. The number of aryl methyl sites for hydroxylation is 1. The number of hydrogen-bond acceptors (Lipinski definition) is 3. The van der Waals surface area contributed by atoms with E-state index >= 15 is 0 Å². The molecule has 0 unspecified atom stereocenters. The Kier molecular flexibility index (Phi) is 4.53. The Labute approximate surface area is 188 Å². The summed E-state index contributed by atoms with van der Waals surface area (Å²) in [7, 11) is 1.74. The second-order valence-corrected chi connectivity index (χ2v) is 10.8. The number of imidazole rings is 1. The highest BCUT2D eigenvalue weighted by atomic mass is 16.2. The van der Waals surface area contributed by atoms with Crippen molar-refractivity contribution in [3.63, 3.8) is 0 Å². The second kappa shape index (κ2) is 7.22. The third-order valence-electron chi connectivity index (χ3n) is 8.76. The van der Waals surface area contributed by atoms with Gasteiger partial charge in [-0.05, 0) is 68.4 Å². The van der Waals surface area contributed by atoms with Crippen LogP contribution in [0.2, 0.25) is 0 Å². The minimum absolute atomic E-state index is 0.0448. The molecule has 4 bridgehead atoms. The smallest absolute Gasteiger partial charge is 0.329 e. The van der Waals surface area contributed by atoms with E-state index < -0.39 is 0 Å². The Bertz CT molecular complexity index is 1100. The fourth-order valence-electron chi connectivity index (χ4n) is 7.62. The van der Waals surface area contributed by atoms with Gasteiger partial charge in [0.1, 0.15) is 6.54 Å². The van der Waals surface area contributed by atoms with Crippen LogP contribution in [-0.4, -0.2) is 56.9 Å². The average Bonchev–Trinajstić information content (AvgIpc) is 3.03. The number of hydrogen-bond donors (Lipinski definition) is 0. The third kappa shape index (κ3) is 3.04. The summed E-state index contributed by atoms with van der Waals surface area (Å²) < 4.78 is 3.15. The van der Waals surface area contributed by atoms with Crippen molar-refractivity contribution < 1.29 is 9.59 Å². The van der Waals surface area contributed by atoms with Crippen molar-refractivity contribution in [2.75, 3.05) is 26.2 Å². The topological polar surface area (TPSA) is 67.6 Å². The molecule has 2 heterocycles. The van der Waals surface area contributed by atoms with Gasteiger partial charge in [0.15, 0.2) is 0 Å². The van der Waals surface area contributed by atoms with Gasteiger partial charge in [-0.2, -0.15) is 0 Å². The van der Waals surface area contributed by atoms with Crippen LogP contribution in [0.15, 0.2) is 29.1 Å². The summed E-state index contributed by atoms with van der Waals surface area (Å²) in [4.78, 5) is 43.1. The fraction of sp³-hybridized carbons (Fsp3) is 0.640. The first-order valence-corrected chi connectivity index (χ1v) is 12.1. The van der Waals surface area contributed by atoms with Gasteiger partial charge in [0.05, 0.1) is 16.4 Å². The number of rotatable bonds is 3. The number of fused-ring (bicyclic) bond motifs is 1. The summed E-state index contributed by atoms with van der Waals surface area (Å²) in [5, 5.41) is 0. The minimum Gasteiger partial charge on any atom is -0.339 e. The molecule has 2 amide bonds. The van der Waals surface area contributed by atoms with Crippen LogP contribution >= 0.6 is 0 Å². The number of carbonyl (C=O) groups excluding carboxylic acids is 2. The molecule has 2 aromatic rings. The predicted octanol–water partition coefficient (Wildman–Crippen LogP) is 2.23. The molecule has 0 atom stereocenters. The lowest BCUT2D eigenvalue weighted by Gasteiger charge is -2.57. The Morgan fingerprint density at radius 3 is 2.00 bits per heavy atom. The molecule has 1 aromatic heterocycles. The molecule has 7 heteroatoms. The second-order valence-electron chi connectivity index (χ2n) is 10.8. The van der Waals surface area contributed by atoms with Crippen LogP contribution < -0.4 is 5.69 Å². The van der Waals surface area contributed by atoms with Crippen LogP contribution in [0.3, 0.4) is 0 Å². The summed E-state index contributed by atoms with van der Waals surface area (Å²) in [6.45, 7) is 2.36. The van der Waals surface area contributed by atoms with Crippen molar-refractivity contribution in [3.05, 3.63) is 34.7 Å². The van der Waals surface area contributed by atoms with Crippen LogP contribution in [0.1, 0.15) is 38.5 Å². The highest BCUT2D eigenvalue weighted by molar-refractivity contribution is 5.84. The Morgan fingerprint density at radius 2 is 1.41 bits per heavy atom. The number of para-hydroxylation sites is 2. The molecule has 0 spiro atoms. The molecule has 5 fully saturated rings. The van der Waals surface area contributed by atoms with Gasteiger partial charge in [-0.15, -0.1) is 0 Å². The largest absolute Gasteiger partial charge is 0.339 e. The van der Waals surface area contributed by atoms with Gasteiger partial charge < -0.3 is 9.80 Å². The van der Waals surface area contributed by atoms with Crippen molar-refractivity contribution >= 4 is 22.8 Å². The molecule has 1 aliphatic heterocycles. The molecular formula is C25H32N4O3. The summed E-state index contributed by atoms with van der Waals surface area (Å²) in [6, 6.07) is 7.56. The monoisotopic (exact) mass is 436 g/mol. The van der Waals surface area contributed by atoms with E-state index in [0.717, 1.165) is 48.0 Å². The molecule has 4 aliphatic carbocycles. The van der Waals surface area contributed by atoms with Gasteiger partial charge in [-0.25, -0.2) is 4.79 Å². The number of benzene rings is 1. The van der Waals surface area contributed by atoms with E-state index in [9.17, 15) is 14.4 Å². The van der Waals surface area contributed by atoms with Gasteiger partial charge in [0, 0.05) is 33.2 Å². The molecule has 1 aromatic carbocycles. The van der Waals surface area contributed by atoms with Crippen molar-refractivity contribution in [1.82, 2.24) is 18.9 Å². The van der Waals surface area contributed by atoms with Crippen LogP contribution in [0.4, 0.5) is 0 Å². The van der Waals surface area contributed by atoms with E-state index in [1.807, 2.05) is 34.1 Å². The van der Waals surface area contributed by atoms with Gasteiger partial charge in [0.25, 0.3) is 0 Å². The summed E-state index contributed by atoms with van der Waals surface area (Å²) >= 11 is 0. The maximum absolute atomic E-state index is 13.6. The van der Waals surface area contributed by atoms with Gasteiger partial charge in [-0.3, -0.25) is 18.7 Å². The zero-order chi connectivity index (χ0) is 22.0. The Hall–Kier alpha value is -2.57. The lowest BCUT2D eigenvalue weighted by atomic mass is 9.49. The van der Waals surface area contributed by atoms with Crippen molar-refractivity contribution in [2.24, 2.45) is 30.2 Å². The van der Waals surface area contributed by atoms with Crippen LogP contribution in [0.5, 0.6) is 0 Å². The molecule has 0 N–H and O–H groups in total. The third-order valence-corrected chi connectivity index (χ3v) is 8.76. The summed E-state index contributed by atoms with van der Waals surface area (Å²) in [6.07, 6.45) is 7.26. The molecule has 7 nitrogen and oxygen atoms in total. The van der Waals surface area contributed by atoms with Crippen molar-refractivity contribution in [2.45, 2.75) is 45.1 Å². The van der Waals surface area contributed by atoms with Gasteiger partial charge in [-0.1, -0.05) is 12.1 Å². The fourth-order valence-corrected chi connectivity index (χ4v) is 7.62. The molecule has 1 saturated heterocycles. The van der Waals surface area contributed by atoms with Crippen LogP contribution in [0.25, 0.3) is 11.0 Å². The molecular weight excluding hydrogens is 404 g/mol. The Balaban J connectivity index is 1.12.